The maximum Gasteiger partial charge on any atom is 0.321 e. The van der Waals surface area contributed by atoms with Crippen LogP contribution in [0.4, 0.5) is 14.9 Å². The summed E-state index contributed by atoms with van der Waals surface area (Å²) in [4.78, 5) is 23.6. The van der Waals surface area contributed by atoms with Crippen LogP contribution in [0.25, 0.3) is 5.69 Å². The van der Waals surface area contributed by atoms with Gasteiger partial charge in [-0.1, -0.05) is 0 Å². The van der Waals surface area contributed by atoms with Gasteiger partial charge in [0.25, 0.3) is 0 Å². The van der Waals surface area contributed by atoms with Gasteiger partial charge in [0.2, 0.25) is 0 Å². The molecule has 1 heterocycles. The Bertz CT molecular complexity index is 729. The number of urea groups is 1. The van der Waals surface area contributed by atoms with Gasteiger partial charge >= 0.3 is 12.0 Å². The number of anilines is 1. The normalized spacial score (nSPS) is 10.4. The second-order valence-electron chi connectivity index (χ2n) is 5.12. The SMILES string of the molecule is Cc1cnn(-c2ccc(NC(=O)N(C)CCC(=O)O)cc2F)c1. The summed E-state index contributed by atoms with van der Waals surface area (Å²) in [6.45, 7) is 1.91. The first-order chi connectivity index (χ1) is 10.9. The molecule has 1 aromatic heterocycles. The van der Waals surface area contributed by atoms with E-state index in [9.17, 15) is 14.0 Å². The van der Waals surface area contributed by atoms with Gasteiger partial charge in [-0.15, -0.1) is 0 Å². The first kappa shape index (κ1) is 16.5. The molecule has 0 aliphatic carbocycles. The van der Waals surface area contributed by atoms with Crippen LogP contribution in [0.5, 0.6) is 0 Å². The molecular weight excluding hydrogens is 303 g/mol. The molecule has 0 bridgehead atoms. The molecule has 1 aromatic carbocycles. The Balaban J connectivity index is 2.05. The number of rotatable bonds is 5. The smallest absolute Gasteiger partial charge is 0.321 e. The monoisotopic (exact) mass is 320 g/mol. The number of carboxylic acids is 1. The Morgan fingerprint density at radius 1 is 1.43 bits per heavy atom. The van der Waals surface area contributed by atoms with Gasteiger partial charge in [0.1, 0.15) is 5.69 Å². The maximum absolute atomic E-state index is 14.1. The summed E-state index contributed by atoms with van der Waals surface area (Å²) in [6.07, 6.45) is 3.15. The van der Waals surface area contributed by atoms with Crippen molar-refractivity contribution in [3.8, 4) is 5.69 Å². The molecule has 2 rings (SSSR count). The van der Waals surface area contributed by atoms with Crippen LogP contribution in [-0.4, -0.2) is 45.4 Å². The lowest BCUT2D eigenvalue weighted by molar-refractivity contribution is -0.137. The van der Waals surface area contributed by atoms with Gasteiger partial charge in [-0.3, -0.25) is 4.79 Å². The average molecular weight is 320 g/mol. The summed E-state index contributed by atoms with van der Waals surface area (Å²) in [6, 6.07) is 3.75. The average Bonchev–Trinajstić information content (AvgIpc) is 2.91. The highest BCUT2D eigenvalue weighted by atomic mass is 19.1. The van der Waals surface area contributed by atoms with Crippen molar-refractivity contribution in [1.82, 2.24) is 14.7 Å². The van der Waals surface area contributed by atoms with Crippen LogP contribution in [0.3, 0.4) is 0 Å². The minimum Gasteiger partial charge on any atom is -0.481 e. The third kappa shape index (κ3) is 4.29. The number of aryl methyl sites for hydroxylation is 1. The number of carbonyl (C=O) groups excluding carboxylic acids is 1. The number of aliphatic carboxylic acids is 1. The summed E-state index contributed by atoms with van der Waals surface area (Å²) in [5, 5.41) is 15.1. The molecule has 7 nitrogen and oxygen atoms in total. The number of nitrogens with one attached hydrogen (secondary N) is 1. The van der Waals surface area contributed by atoms with E-state index in [1.807, 2.05) is 6.92 Å². The van der Waals surface area contributed by atoms with Crippen LogP contribution in [0.15, 0.2) is 30.6 Å². The number of halogens is 1. The molecule has 0 unspecified atom stereocenters. The highest BCUT2D eigenvalue weighted by molar-refractivity contribution is 5.89. The van der Waals surface area contributed by atoms with Gasteiger partial charge in [-0.2, -0.15) is 5.10 Å². The van der Waals surface area contributed by atoms with Crippen LogP contribution in [-0.2, 0) is 4.79 Å². The minimum atomic E-state index is -0.991. The van der Waals surface area contributed by atoms with Crippen molar-refractivity contribution in [2.24, 2.45) is 0 Å². The lowest BCUT2D eigenvalue weighted by Gasteiger charge is -2.17. The molecule has 0 saturated carbocycles. The molecule has 0 radical (unpaired) electrons. The number of hydrogen-bond acceptors (Lipinski definition) is 3. The van der Waals surface area contributed by atoms with E-state index in [0.717, 1.165) is 5.56 Å². The van der Waals surface area contributed by atoms with Crippen LogP contribution < -0.4 is 5.32 Å². The van der Waals surface area contributed by atoms with E-state index < -0.39 is 17.8 Å². The Morgan fingerprint density at radius 3 is 2.74 bits per heavy atom. The summed E-state index contributed by atoms with van der Waals surface area (Å²) in [7, 11) is 1.47. The zero-order valence-corrected chi connectivity index (χ0v) is 12.8. The molecule has 0 aliphatic rings. The topological polar surface area (TPSA) is 87.5 Å². The second-order valence-corrected chi connectivity index (χ2v) is 5.12. The third-order valence-electron chi connectivity index (χ3n) is 3.17. The second kappa shape index (κ2) is 6.91. The molecule has 2 N–H and O–H groups in total. The Morgan fingerprint density at radius 2 is 2.17 bits per heavy atom. The highest BCUT2D eigenvalue weighted by Crippen LogP contribution is 2.18. The summed E-state index contributed by atoms with van der Waals surface area (Å²) in [5.74, 6) is -1.52. The molecule has 0 fully saturated rings. The third-order valence-corrected chi connectivity index (χ3v) is 3.17. The molecule has 2 amide bonds. The predicted octanol–water partition coefficient (Wildman–Crippen LogP) is 2.26. The number of amides is 2. The van der Waals surface area contributed by atoms with Crippen molar-refractivity contribution in [1.29, 1.82) is 0 Å². The fraction of sp³-hybridized carbons (Fsp3) is 0.267. The van der Waals surface area contributed by atoms with E-state index >= 15 is 0 Å². The van der Waals surface area contributed by atoms with Crippen LogP contribution in [0.1, 0.15) is 12.0 Å². The Kier molecular flexibility index (Phi) is 4.95. The first-order valence-corrected chi connectivity index (χ1v) is 6.92. The molecule has 0 aliphatic heterocycles. The number of aromatic nitrogens is 2. The van der Waals surface area contributed by atoms with E-state index in [-0.39, 0.29) is 24.3 Å². The van der Waals surface area contributed by atoms with Crippen LogP contribution in [0, 0.1) is 12.7 Å². The van der Waals surface area contributed by atoms with Crippen molar-refractivity contribution in [3.63, 3.8) is 0 Å². The van der Waals surface area contributed by atoms with Gasteiger partial charge in [0.15, 0.2) is 5.82 Å². The number of hydrogen-bond donors (Lipinski definition) is 2. The van der Waals surface area contributed by atoms with E-state index in [1.54, 1.807) is 18.5 Å². The largest absolute Gasteiger partial charge is 0.481 e. The lowest BCUT2D eigenvalue weighted by Crippen LogP contribution is -2.33. The van der Waals surface area contributed by atoms with Crippen LogP contribution >= 0.6 is 0 Å². The zero-order chi connectivity index (χ0) is 17.0. The van der Waals surface area contributed by atoms with Gasteiger partial charge in [-0.05, 0) is 30.7 Å². The van der Waals surface area contributed by atoms with Crippen molar-refractivity contribution < 1.29 is 19.1 Å². The minimum absolute atomic E-state index is 0.0638. The van der Waals surface area contributed by atoms with Crippen molar-refractivity contribution in [2.45, 2.75) is 13.3 Å². The molecule has 122 valence electrons. The molecular formula is C15H17FN4O3. The number of nitrogens with zero attached hydrogens (tertiary/aromatic N) is 3. The summed E-state index contributed by atoms with van der Waals surface area (Å²) < 4.78 is 15.6. The fourth-order valence-electron chi connectivity index (χ4n) is 1.90. The first-order valence-electron chi connectivity index (χ1n) is 6.92. The molecule has 23 heavy (non-hydrogen) atoms. The molecule has 0 spiro atoms. The zero-order valence-electron chi connectivity index (χ0n) is 12.8. The number of carboxylic acid groups (broad SMARTS) is 1. The molecule has 2 aromatic rings. The van der Waals surface area contributed by atoms with E-state index in [1.165, 1.54) is 28.8 Å². The summed E-state index contributed by atoms with van der Waals surface area (Å²) in [5.41, 5.74) is 1.46. The fourth-order valence-corrected chi connectivity index (χ4v) is 1.90. The Labute approximate surface area is 132 Å². The number of benzene rings is 1. The number of carbonyl (C=O) groups is 2. The van der Waals surface area contributed by atoms with Gasteiger partial charge in [0.05, 0.1) is 12.6 Å². The predicted molar refractivity (Wildman–Crippen MR) is 82.2 cm³/mol. The van der Waals surface area contributed by atoms with Crippen molar-refractivity contribution in [3.05, 3.63) is 42.0 Å². The standard InChI is InChI=1S/C15H17FN4O3/c1-10-8-17-20(9-10)13-4-3-11(7-12(13)16)18-15(23)19(2)6-5-14(21)22/h3-4,7-9H,5-6H2,1-2H3,(H,18,23)(H,21,22). The molecule has 0 saturated heterocycles. The highest BCUT2D eigenvalue weighted by Gasteiger charge is 2.12. The lowest BCUT2D eigenvalue weighted by atomic mass is 10.2. The van der Waals surface area contributed by atoms with Gasteiger partial charge in [0, 0.05) is 25.5 Å². The summed E-state index contributed by atoms with van der Waals surface area (Å²) >= 11 is 0. The van der Waals surface area contributed by atoms with Gasteiger partial charge in [-0.25, -0.2) is 13.9 Å². The van der Waals surface area contributed by atoms with Crippen molar-refractivity contribution in [2.75, 3.05) is 18.9 Å². The molecule has 8 heteroatoms. The Hall–Kier alpha value is -2.90. The van der Waals surface area contributed by atoms with Crippen molar-refractivity contribution >= 4 is 17.7 Å². The van der Waals surface area contributed by atoms with E-state index in [4.69, 9.17) is 5.11 Å². The maximum atomic E-state index is 14.1. The quantitative estimate of drug-likeness (QED) is 0.884. The van der Waals surface area contributed by atoms with Gasteiger partial charge < -0.3 is 15.3 Å². The van der Waals surface area contributed by atoms with E-state index in [2.05, 4.69) is 10.4 Å². The van der Waals surface area contributed by atoms with Crippen LogP contribution in [0.2, 0.25) is 0 Å². The van der Waals surface area contributed by atoms with E-state index in [0.29, 0.717) is 0 Å². The molecule has 0 atom stereocenters.